The Kier molecular flexibility index (Phi) is 3.12. The zero-order chi connectivity index (χ0) is 13.6. The van der Waals surface area contributed by atoms with Crippen LogP contribution >= 0.6 is 7.60 Å². The molecule has 1 heterocycles. The van der Waals surface area contributed by atoms with Crippen LogP contribution in [0.2, 0.25) is 0 Å². The highest BCUT2D eigenvalue weighted by Crippen LogP contribution is 2.67. The lowest BCUT2D eigenvalue weighted by Crippen LogP contribution is -2.30. The predicted molar refractivity (Wildman–Crippen MR) is 68.9 cm³/mol. The average Bonchev–Trinajstić information content (AvgIpc) is 2.27. The molecule has 2 rings (SSSR count). The quantitative estimate of drug-likeness (QED) is 0.768. The second-order valence-electron chi connectivity index (χ2n) is 4.90. The minimum Gasteiger partial charge on any atom is -0.387 e. The molecule has 1 aromatic rings. The maximum atomic E-state index is 12.7. The van der Waals surface area contributed by atoms with E-state index in [1.54, 1.807) is 26.8 Å². The molecule has 0 aliphatic carbocycles. The van der Waals surface area contributed by atoms with Crippen molar-refractivity contribution in [3.8, 4) is 0 Å². The van der Waals surface area contributed by atoms with Gasteiger partial charge in [0.05, 0.1) is 12.2 Å². The highest BCUT2D eigenvalue weighted by atomic mass is 31.2. The highest BCUT2D eigenvalue weighted by Gasteiger charge is 2.52. The van der Waals surface area contributed by atoms with Gasteiger partial charge in [-0.3, -0.25) is 4.52 Å². The molecule has 1 atom stereocenters. The molecule has 1 unspecified atom stereocenters. The number of benzene rings is 1. The van der Waals surface area contributed by atoms with Gasteiger partial charge >= 0.3 is 13.6 Å². The third-order valence-corrected chi connectivity index (χ3v) is 5.86. The van der Waals surface area contributed by atoms with Crippen LogP contribution < -0.4 is 0 Å². The van der Waals surface area contributed by atoms with Crippen molar-refractivity contribution in [2.45, 2.75) is 32.9 Å². The first kappa shape index (κ1) is 13.3. The maximum absolute atomic E-state index is 12.7. The van der Waals surface area contributed by atoms with E-state index >= 15 is 0 Å². The zero-order valence-electron chi connectivity index (χ0n) is 11.0. The summed E-state index contributed by atoms with van der Waals surface area (Å²) in [5.41, 5.74) is 2.17. The summed E-state index contributed by atoms with van der Waals surface area (Å²) in [6, 6.07) is 5.49. The predicted octanol–water partition coefficient (Wildman–Crippen LogP) is 3.63. The van der Waals surface area contributed by atoms with Gasteiger partial charge in [0.15, 0.2) is 0 Å². The number of hydrogen-bond donors (Lipinski definition) is 0. The molecule has 1 aliphatic heterocycles. The SMILES string of the molecule is CCOP1(=O)OC(=O)c2cc(C)ccc2C1(C)C. The van der Waals surface area contributed by atoms with Crippen LogP contribution in [0, 0.1) is 6.92 Å². The van der Waals surface area contributed by atoms with Crippen LogP contribution in [0.25, 0.3) is 0 Å². The van der Waals surface area contributed by atoms with E-state index in [1.165, 1.54) is 0 Å². The third-order valence-electron chi connectivity index (χ3n) is 3.24. The minimum atomic E-state index is -3.47. The minimum absolute atomic E-state index is 0.245. The Labute approximate surface area is 107 Å². The molecule has 1 aromatic carbocycles. The maximum Gasteiger partial charge on any atom is 0.391 e. The lowest BCUT2D eigenvalue weighted by Gasteiger charge is -2.37. The molecule has 5 heteroatoms. The van der Waals surface area contributed by atoms with E-state index in [1.807, 2.05) is 19.1 Å². The van der Waals surface area contributed by atoms with E-state index < -0.39 is 18.7 Å². The fourth-order valence-corrected chi connectivity index (χ4v) is 3.89. The molecule has 0 saturated heterocycles. The number of hydrogen-bond acceptors (Lipinski definition) is 4. The molecular weight excluding hydrogens is 251 g/mol. The smallest absolute Gasteiger partial charge is 0.387 e. The molecule has 0 fully saturated rings. The summed E-state index contributed by atoms with van der Waals surface area (Å²) in [6.45, 7) is 7.44. The monoisotopic (exact) mass is 268 g/mol. The molecule has 0 saturated carbocycles. The van der Waals surface area contributed by atoms with E-state index in [2.05, 4.69) is 0 Å². The molecule has 0 radical (unpaired) electrons. The second kappa shape index (κ2) is 4.22. The van der Waals surface area contributed by atoms with Gasteiger partial charge in [0, 0.05) is 0 Å². The number of rotatable bonds is 2. The lowest BCUT2D eigenvalue weighted by molar-refractivity contribution is 0.0665. The van der Waals surface area contributed by atoms with Crippen molar-refractivity contribution < 1.29 is 18.4 Å². The summed E-state index contributed by atoms with van der Waals surface area (Å²) < 4.78 is 23.0. The van der Waals surface area contributed by atoms with Gasteiger partial charge in [0.25, 0.3) is 0 Å². The van der Waals surface area contributed by atoms with Crippen LogP contribution in [-0.2, 0) is 18.8 Å². The van der Waals surface area contributed by atoms with Gasteiger partial charge < -0.3 is 4.52 Å². The van der Waals surface area contributed by atoms with Crippen LogP contribution in [0.15, 0.2) is 18.2 Å². The lowest BCUT2D eigenvalue weighted by atomic mass is 9.94. The van der Waals surface area contributed by atoms with E-state index in [9.17, 15) is 9.36 Å². The van der Waals surface area contributed by atoms with Crippen molar-refractivity contribution in [2.24, 2.45) is 0 Å². The third kappa shape index (κ3) is 1.80. The molecule has 1 aliphatic rings. The molecule has 4 nitrogen and oxygen atoms in total. The van der Waals surface area contributed by atoms with Gasteiger partial charge in [-0.2, -0.15) is 0 Å². The fourth-order valence-electron chi connectivity index (χ4n) is 2.14. The molecule has 98 valence electrons. The average molecular weight is 268 g/mol. The van der Waals surface area contributed by atoms with Crippen LogP contribution in [0.3, 0.4) is 0 Å². The fraction of sp³-hybridized carbons (Fsp3) is 0.462. The Morgan fingerprint density at radius 3 is 2.67 bits per heavy atom. The summed E-state index contributed by atoms with van der Waals surface area (Å²) in [6.07, 6.45) is 0. The molecule has 0 spiro atoms. The van der Waals surface area contributed by atoms with Gasteiger partial charge in [0.2, 0.25) is 0 Å². The molecule has 0 bridgehead atoms. The van der Waals surface area contributed by atoms with Gasteiger partial charge in [0.1, 0.15) is 5.16 Å². The van der Waals surface area contributed by atoms with Crippen molar-refractivity contribution in [3.63, 3.8) is 0 Å². The Morgan fingerprint density at radius 2 is 2.06 bits per heavy atom. The number of carbonyl (C=O) groups excluding carboxylic acids is 1. The van der Waals surface area contributed by atoms with E-state index in [-0.39, 0.29) is 6.61 Å². The summed E-state index contributed by atoms with van der Waals surface area (Å²) >= 11 is 0. The first-order valence-electron chi connectivity index (χ1n) is 5.91. The van der Waals surface area contributed by atoms with Gasteiger partial charge in [-0.05, 0) is 39.3 Å². The molecule has 0 amide bonds. The molecule has 0 aromatic heterocycles. The number of carbonyl (C=O) groups is 1. The van der Waals surface area contributed by atoms with E-state index in [0.29, 0.717) is 5.56 Å². The first-order valence-corrected chi connectivity index (χ1v) is 7.46. The van der Waals surface area contributed by atoms with E-state index in [0.717, 1.165) is 11.1 Å². The Bertz CT molecular complexity index is 548. The van der Waals surface area contributed by atoms with Crippen LogP contribution in [0.5, 0.6) is 0 Å². The number of aryl methyl sites for hydroxylation is 1. The van der Waals surface area contributed by atoms with Crippen molar-refractivity contribution in [2.75, 3.05) is 6.61 Å². The van der Waals surface area contributed by atoms with E-state index in [4.69, 9.17) is 9.05 Å². The number of fused-ring (bicyclic) bond motifs is 1. The normalized spacial score (nSPS) is 25.4. The van der Waals surface area contributed by atoms with Crippen molar-refractivity contribution in [1.82, 2.24) is 0 Å². The summed E-state index contributed by atoms with van der Waals surface area (Å²) in [5.74, 6) is -0.565. The van der Waals surface area contributed by atoms with Crippen molar-refractivity contribution in [3.05, 3.63) is 34.9 Å². The topological polar surface area (TPSA) is 52.6 Å². The summed E-state index contributed by atoms with van der Waals surface area (Å²) in [5, 5.41) is -0.819. The van der Waals surface area contributed by atoms with Crippen LogP contribution in [0.1, 0.15) is 42.3 Å². The van der Waals surface area contributed by atoms with Crippen molar-refractivity contribution in [1.29, 1.82) is 0 Å². The molecule has 0 N–H and O–H groups in total. The summed E-state index contributed by atoms with van der Waals surface area (Å²) in [4.78, 5) is 11.9. The Balaban J connectivity index is 2.64. The Hall–Kier alpha value is -1.12. The first-order chi connectivity index (χ1) is 8.32. The van der Waals surface area contributed by atoms with Crippen LogP contribution in [0.4, 0.5) is 0 Å². The largest absolute Gasteiger partial charge is 0.391 e. The zero-order valence-corrected chi connectivity index (χ0v) is 11.9. The van der Waals surface area contributed by atoms with Gasteiger partial charge in [-0.1, -0.05) is 17.7 Å². The second-order valence-corrected chi connectivity index (χ2v) is 7.46. The van der Waals surface area contributed by atoms with Crippen LogP contribution in [-0.4, -0.2) is 12.6 Å². The van der Waals surface area contributed by atoms with Gasteiger partial charge in [-0.25, -0.2) is 9.36 Å². The van der Waals surface area contributed by atoms with Gasteiger partial charge in [-0.15, -0.1) is 0 Å². The van der Waals surface area contributed by atoms with Crippen molar-refractivity contribution >= 4 is 13.6 Å². The summed E-state index contributed by atoms with van der Waals surface area (Å²) in [7, 11) is -3.47. The molecular formula is C13H17O4P. The standard InChI is InChI=1S/C13H17O4P/c1-5-16-18(15)13(3,4)11-7-6-9(2)8-10(11)12(14)17-18/h6-8H,5H2,1-4H3. The highest BCUT2D eigenvalue weighted by molar-refractivity contribution is 7.55. The molecule has 18 heavy (non-hydrogen) atoms. The Morgan fingerprint density at radius 1 is 1.39 bits per heavy atom.